The van der Waals surface area contributed by atoms with Crippen molar-refractivity contribution in [1.82, 2.24) is 0 Å². The molecule has 0 N–H and O–H groups in total. The van der Waals surface area contributed by atoms with E-state index in [0.717, 1.165) is 39.0 Å². The maximum absolute atomic E-state index is 6.56. The van der Waals surface area contributed by atoms with Crippen molar-refractivity contribution in [3.8, 4) is 22.3 Å². The molecule has 0 saturated carbocycles. The molecule has 0 fully saturated rings. The smallest absolute Gasteiger partial charge is 0.135 e. The largest absolute Gasteiger partial charge is 0.456 e. The van der Waals surface area contributed by atoms with Crippen molar-refractivity contribution in [2.24, 2.45) is 0 Å². The van der Waals surface area contributed by atoms with Gasteiger partial charge in [0.05, 0.1) is 11.1 Å². The minimum Gasteiger partial charge on any atom is -0.456 e. The van der Waals surface area contributed by atoms with E-state index in [1.807, 2.05) is 6.07 Å². The molecule has 0 amide bonds. The molecule has 1 aliphatic carbocycles. The lowest BCUT2D eigenvalue weighted by molar-refractivity contribution is 0.665. The van der Waals surface area contributed by atoms with Gasteiger partial charge in [-0.2, -0.15) is 0 Å². The van der Waals surface area contributed by atoms with E-state index in [1.165, 1.54) is 55.3 Å². The van der Waals surface area contributed by atoms with E-state index in [9.17, 15) is 0 Å². The van der Waals surface area contributed by atoms with E-state index < -0.39 is 5.41 Å². The fourth-order valence-corrected chi connectivity index (χ4v) is 9.11. The van der Waals surface area contributed by atoms with Crippen LogP contribution in [0.25, 0.3) is 55.0 Å². The van der Waals surface area contributed by atoms with Crippen molar-refractivity contribution in [3.63, 3.8) is 0 Å². The van der Waals surface area contributed by atoms with Gasteiger partial charge in [0, 0.05) is 27.5 Å². The van der Waals surface area contributed by atoms with Crippen LogP contribution in [-0.4, -0.2) is 0 Å². The molecule has 0 aliphatic heterocycles. The number of rotatable bonds is 6. The number of furan rings is 1. The van der Waals surface area contributed by atoms with Crippen LogP contribution in [0.4, 0.5) is 17.1 Å². The third kappa shape index (κ3) is 4.82. The minimum absolute atomic E-state index is 0.599. The second kappa shape index (κ2) is 12.5. The molecule has 0 spiro atoms. The van der Waals surface area contributed by atoms with Gasteiger partial charge in [0.25, 0.3) is 0 Å². The van der Waals surface area contributed by atoms with E-state index in [2.05, 4.69) is 211 Å². The molecule has 1 unspecified atom stereocenters. The van der Waals surface area contributed by atoms with Gasteiger partial charge in [0.15, 0.2) is 0 Å². The summed E-state index contributed by atoms with van der Waals surface area (Å²) >= 11 is 0. The van der Waals surface area contributed by atoms with Crippen LogP contribution in [0.3, 0.4) is 0 Å². The molecule has 0 radical (unpaired) electrons. The third-order valence-corrected chi connectivity index (χ3v) is 11.5. The molecule has 2 heteroatoms. The van der Waals surface area contributed by atoms with E-state index in [1.54, 1.807) is 0 Å². The van der Waals surface area contributed by atoms with Gasteiger partial charge in [0.2, 0.25) is 0 Å². The van der Waals surface area contributed by atoms with Gasteiger partial charge < -0.3 is 9.32 Å². The lowest BCUT2D eigenvalue weighted by Crippen LogP contribution is -2.28. The van der Waals surface area contributed by atoms with Crippen LogP contribution in [0, 0.1) is 0 Å². The van der Waals surface area contributed by atoms with E-state index >= 15 is 0 Å². The maximum atomic E-state index is 6.56. The minimum atomic E-state index is -0.599. The Morgan fingerprint density at radius 2 is 1.00 bits per heavy atom. The number of fused-ring (bicyclic) bond motifs is 7. The van der Waals surface area contributed by atoms with E-state index in [0.29, 0.717) is 0 Å². The lowest BCUT2D eigenvalue weighted by atomic mass is 9.67. The van der Waals surface area contributed by atoms with Crippen LogP contribution in [0.5, 0.6) is 0 Å². The number of benzene rings is 9. The van der Waals surface area contributed by atoms with Crippen molar-refractivity contribution in [3.05, 3.63) is 235 Å². The van der Waals surface area contributed by atoms with Gasteiger partial charge in [-0.3, -0.25) is 0 Å². The summed E-state index contributed by atoms with van der Waals surface area (Å²) in [6.07, 6.45) is 0. The summed E-state index contributed by atoms with van der Waals surface area (Å²) in [5.74, 6) is 0. The molecule has 55 heavy (non-hydrogen) atoms. The molecule has 2 nitrogen and oxygen atoms in total. The van der Waals surface area contributed by atoms with Gasteiger partial charge in [-0.1, -0.05) is 170 Å². The van der Waals surface area contributed by atoms with Crippen molar-refractivity contribution in [2.75, 3.05) is 4.90 Å². The highest BCUT2D eigenvalue weighted by Crippen LogP contribution is 2.58. The SMILES string of the molecule is c1ccc(-c2ccc(N(c3ccc4c(c3)C(c3ccccc3)(c3ccc5c(c3)oc3ccccc35)c3ccccc3-4)c3cccc4ccccc34)cc2)cc1. The first kappa shape index (κ1) is 31.4. The second-order valence-corrected chi connectivity index (χ2v) is 14.4. The molecule has 0 saturated heterocycles. The van der Waals surface area contributed by atoms with Gasteiger partial charge in [-0.15, -0.1) is 0 Å². The third-order valence-electron chi connectivity index (χ3n) is 11.5. The fraction of sp³-hybridized carbons (Fsp3) is 0.0189. The number of anilines is 3. The molecule has 1 aromatic heterocycles. The first-order valence-corrected chi connectivity index (χ1v) is 18.9. The zero-order valence-corrected chi connectivity index (χ0v) is 30.1. The van der Waals surface area contributed by atoms with Crippen LogP contribution in [0.1, 0.15) is 22.3 Å². The zero-order valence-electron chi connectivity index (χ0n) is 30.1. The maximum Gasteiger partial charge on any atom is 0.135 e. The molecule has 11 rings (SSSR count). The van der Waals surface area contributed by atoms with E-state index in [-0.39, 0.29) is 0 Å². The number of hydrogen-bond donors (Lipinski definition) is 0. The topological polar surface area (TPSA) is 16.4 Å². The Morgan fingerprint density at radius 1 is 0.364 bits per heavy atom. The number of hydrogen-bond acceptors (Lipinski definition) is 2. The molecule has 9 aromatic carbocycles. The Morgan fingerprint density at radius 3 is 1.85 bits per heavy atom. The second-order valence-electron chi connectivity index (χ2n) is 14.4. The molecule has 258 valence electrons. The van der Waals surface area contributed by atoms with Gasteiger partial charge in [-0.05, 0) is 92.4 Å². The predicted octanol–water partition coefficient (Wildman–Crippen LogP) is 14.2. The predicted molar refractivity (Wildman–Crippen MR) is 229 cm³/mol. The molecule has 1 heterocycles. The van der Waals surface area contributed by atoms with Crippen LogP contribution < -0.4 is 4.90 Å². The summed E-state index contributed by atoms with van der Waals surface area (Å²) in [6.45, 7) is 0. The summed E-state index contributed by atoms with van der Waals surface area (Å²) in [5.41, 5.74) is 14.3. The average molecular weight is 702 g/mol. The fourth-order valence-electron chi connectivity index (χ4n) is 9.11. The number of para-hydroxylation sites is 1. The lowest BCUT2D eigenvalue weighted by Gasteiger charge is -2.35. The molecule has 1 aliphatic rings. The summed E-state index contributed by atoms with van der Waals surface area (Å²) in [5, 5.41) is 4.67. The molecular weight excluding hydrogens is 667 g/mol. The highest BCUT2D eigenvalue weighted by molar-refractivity contribution is 6.05. The van der Waals surface area contributed by atoms with Crippen LogP contribution in [-0.2, 0) is 5.41 Å². The van der Waals surface area contributed by atoms with Crippen molar-refractivity contribution < 1.29 is 4.42 Å². The number of nitrogens with zero attached hydrogens (tertiary/aromatic N) is 1. The van der Waals surface area contributed by atoms with Gasteiger partial charge >= 0.3 is 0 Å². The molecule has 1 atom stereocenters. The van der Waals surface area contributed by atoms with Crippen molar-refractivity contribution >= 4 is 49.8 Å². The molecule has 0 bridgehead atoms. The van der Waals surface area contributed by atoms with Crippen molar-refractivity contribution in [1.29, 1.82) is 0 Å². The standard InChI is InChI=1S/C53H35NO/c1-3-14-36(15-4-1)37-26-29-41(30-27-37)54(50-24-13-17-38-16-7-8-20-43(38)50)42-31-33-45-44-21-9-11-23-48(44)53(49(45)35-42,39-18-5-2-6-19-39)40-28-32-47-46-22-10-12-25-51(46)55-52(47)34-40/h1-35H. The van der Waals surface area contributed by atoms with Crippen molar-refractivity contribution in [2.45, 2.75) is 5.41 Å². The van der Waals surface area contributed by atoms with Gasteiger partial charge in [0.1, 0.15) is 11.2 Å². The Labute approximate surface area is 320 Å². The van der Waals surface area contributed by atoms with Gasteiger partial charge in [-0.25, -0.2) is 0 Å². The molecule has 10 aromatic rings. The average Bonchev–Trinajstić information content (AvgIpc) is 3.78. The molecular formula is C53H35NO. The van der Waals surface area contributed by atoms with E-state index in [4.69, 9.17) is 4.42 Å². The zero-order chi connectivity index (χ0) is 36.3. The summed E-state index contributed by atoms with van der Waals surface area (Å²) < 4.78 is 6.56. The Kier molecular flexibility index (Phi) is 7.11. The summed E-state index contributed by atoms with van der Waals surface area (Å²) in [6, 6.07) is 77.1. The first-order chi connectivity index (χ1) is 27.3. The monoisotopic (exact) mass is 701 g/mol. The van der Waals surface area contributed by atoms with Crippen LogP contribution in [0.15, 0.2) is 217 Å². The first-order valence-electron chi connectivity index (χ1n) is 18.9. The normalized spacial score (nSPS) is 14.6. The quantitative estimate of drug-likeness (QED) is 0.172. The Bertz CT molecular complexity index is 3030. The summed E-state index contributed by atoms with van der Waals surface area (Å²) in [7, 11) is 0. The highest BCUT2D eigenvalue weighted by Gasteiger charge is 2.46. The highest BCUT2D eigenvalue weighted by atomic mass is 16.3. The van der Waals surface area contributed by atoms with Crippen LogP contribution >= 0.6 is 0 Å². The van der Waals surface area contributed by atoms with Crippen LogP contribution in [0.2, 0.25) is 0 Å². The Hall–Kier alpha value is -7.16. The Balaban J connectivity index is 1.18. The summed E-state index contributed by atoms with van der Waals surface area (Å²) in [4.78, 5) is 2.43.